The van der Waals surface area contributed by atoms with E-state index in [1.165, 1.54) is 43.8 Å². The average molecular weight is 740 g/mol. The summed E-state index contributed by atoms with van der Waals surface area (Å²) in [6.07, 6.45) is 0. The van der Waals surface area contributed by atoms with Crippen LogP contribution < -0.4 is 4.90 Å². The molecule has 1 aromatic heterocycles. The number of para-hydroxylation sites is 1. The van der Waals surface area contributed by atoms with Crippen LogP contribution in [0.3, 0.4) is 0 Å². The molecule has 0 saturated carbocycles. The van der Waals surface area contributed by atoms with Gasteiger partial charge in [-0.2, -0.15) is 0 Å². The molecule has 0 fully saturated rings. The van der Waals surface area contributed by atoms with Crippen molar-refractivity contribution in [3.05, 3.63) is 224 Å². The minimum atomic E-state index is 0.898. The molecule has 11 aromatic rings. The molecule has 58 heavy (non-hydrogen) atoms. The number of hydrogen-bond donors (Lipinski definition) is 0. The SMILES string of the molecule is c1ccc(-c2ccc(N(c3ccc(-c4ccc5c(c4)oc4ccccc45)cc3)c3ccc(-c4cccc5c4ccc4ccccc45)cc3)c(-c3ccccc3)c2)cc1. The van der Waals surface area contributed by atoms with Gasteiger partial charge in [-0.25, -0.2) is 0 Å². The Morgan fingerprint density at radius 3 is 1.59 bits per heavy atom. The summed E-state index contributed by atoms with van der Waals surface area (Å²) in [6.45, 7) is 0. The second-order valence-corrected chi connectivity index (χ2v) is 14.9. The third kappa shape index (κ3) is 5.91. The van der Waals surface area contributed by atoms with E-state index in [1.807, 2.05) is 12.1 Å². The van der Waals surface area contributed by atoms with Crippen molar-refractivity contribution in [1.82, 2.24) is 0 Å². The molecule has 10 aromatic carbocycles. The first-order chi connectivity index (χ1) is 28.7. The molecule has 0 aliphatic rings. The van der Waals surface area contributed by atoms with Crippen molar-refractivity contribution in [2.24, 2.45) is 0 Å². The molecule has 2 heteroatoms. The van der Waals surface area contributed by atoms with Crippen LogP contribution in [0.15, 0.2) is 229 Å². The molecule has 0 aliphatic carbocycles. The van der Waals surface area contributed by atoms with Gasteiger partial charge < -0.3 is 9.32 Å². The van der Waals surface area contributed by atoms with Crippen molar-refractivity contribution in [2.45, 2.75) is 0 Å². The van der Waals surface area contributed by atoms with E-state index in [2.05, 4.69) is 217 Å². The summed E-state index contributed by atoms with van der Waals surface area (Å²) in [5.41, 5.74) is 14.4. The molecule has 1 heterocycles. The van der Waals surface area contributed by atoms with Crippen LogP contribution in [-0.4, -0.2) is 0 Å². The van der Waals surface area contributed by atoms with Crippen molar-refractivity contribution in [2.75, 3.05) is 4.90 Å². The minimum absolute atomic E-state index is 0.898. The normalized spacial score (nSPS) is 11.4. The van der Waals surface area contributed by atoms with Crippen LogP contribution in [0, 0.1) is 0 Å². The number of anilines is 3. The smallest absolute Gasteiger partial charge is 0.136 e. The molecule has 2 nitrogen and oxygen atoms in total. The zero-order valence-corrected chi connectivity index (χ0v) is 31.7. The molecule has 0 atom stereocenters. The van der Waals surface area contributed by atoms with Gasteiger partial charge in [-0.15, -0.1) is 0 Å². The number of hydrogen-bond acceptors (Lipinski definition) is 2. The number of rotatable bonds is 7. The van der Waals surface area contributed by atoms with E-state index in [9.17, 15) is 0 Å². The zero-order chi connectivity index (χ0) is 38.4. The molecule has 272 valence electrons. The van der Waals surface area contributed by atoms with Crippen molar-refractivity contribution in [3.8, 4) is 44.5 Å². The van der Waals surface area contributed by atoms with E-state index in [4.69, 9.17) is 4.42 Å². The van der Waals surface area contributed by atoms with Crippen molar-refractivity contribution in [3.63, 3.8) is 0 Å². The third-order valence-corrected chi connectivity index (χ3v) is 11.5. The third-order valence-electron chi connectivity index (χ3n) is 11.5. The summed E-state index contributed by atoms with van der Waals surface area (Å²) >= 11 is 0. The Morgan fingerprint density at radius 1 is 0.276 bits per heavy atom. The predicted molar refractivity (Wildman–Crippen MR) is 245 cm³/mol. The molecule has 0 aliphatic heterocycles. The van der Waals surface area contributed by atoms with Gasteiger partial charge in [0.25, 0.3) is 0 Å². The van der Waals surface area contributed by atoms with Gasteiger partial charge in [-0.05, 0) is 115 Å². The lowest BCUT2D eigenvalue weighted by atomic mass is 9.94. The van der Waals surface area contributed by atoms with Crippen LogP contribution in [0.1, 0.15) is 0 Å². The Bertz CT molecular complexity index is 3250. The lowest BCUT2D eigenvalue weighted by molar-refractivity contribution is 0.669. The Balaban J connectivity index is 1.05. The molecule has 11 rings (SSSR count). The van der Waals surface area contributed by atoms with E-state index in [1.54, 1.807) is 0 Å². The summed E-state index contributed by atoms with van der Waals surface area (Å²) in [4.78, 5) is 2.39. The Kier molecular flexibility index (Phi) is 8.19. The van der Waals surface area contributed by atoms with Crippen LogP contribution in [0.25, 0.3) is 88.0 Å². The molecule has 0 unspecified atom stereocenters. The topological polar surface area (TPSA) is 16.4 Å². The molecular weight excluding hydrogens is 703 g/mol. The maximum Gasteiger partial charge on any atom is 0.136 e. The first-order valence-corrected chi connectivity index (χ1v) is 19.8. The fourth-order valence-electron chi connectivity index (χ4n) is 8.61. The molecule has 0 N–H and O–H groups in total. The van der Waals surface area contributed by atoms with Gasteiger partial charge in [-0.3, -0.25) is 0 Å². The average Bonchev–Trinajstić information content (AvgIpc) is 3.68. The van der Waals surface area contributed by atoms with Gasteiger partial charge in [0.15, 0.2) is 0 Å². The summed E-state index contributed by atoms with van der Waals surface area (Å²) < 4.78 is 6.26. The quantitative estimate of drug-likeness (QED) is 0.151. The summed E-state index contributed by atoms with van der Waals surface area (Å²) in [5, 5.41) is 7.33. The zero-order valence-electron chi connectivity index (χ0n) is 31.7. The standard InChI is InChI=1S/C56H37NO/c1-3-12-38(13-4-1)43-28-35-54(53(36-43)40-14-5-2-6-15-40)57(45-29-22-39(23-30-45)44-27-34-52-51-18-9-10-21-55(51)58-56(52)37-44)46-31-24-42(25-32-46)48-19-11-20-49-47-17-8-7-16-41(47)26-33-50(48)49/h1-37H. The van der Waals surface area contributed by atoms with E-state index in [-0.39, 0.29) is 0 Å². The highest BCUT2D eigenvalue weighted by atomic mass is 16.3. The van der Waals surface area contributed by atoms with E-state index in [0.29, 0.717) is 0 Å². The summed E-state index contributed by atoms with van der Waals surface area (Å²) in [6, 6.07) is 80.8. The Labute approximate surface area is 337 Å². The van der Waals surface area contributed by atoms with Crippen LogP contribution in [-0.2, 0) is 0 Å². The van der Waals surface area contributed by atoms with Gasteiger partial charge in [0, 0.05) is 27.7 Å². The number of furan rings is 1. The van der Waals surface area contributed by atoms with Crippen LogP contribution in [0.5, 0.6) is 0 Å². The number of nitrogens with zero attached hydrogens (tertiary/aromatic N) is 1. The van der Waals surface area contributed by atoms with E-state index < -0.39 is 0 Å². The highest BCUT2D eigenvalue weighted by Gasteiger charge is 2.19. The van der Waals surface area contributed by atoms with E-state index >= 15 is 0 Å². The highest BCUT2D eigenvalue weighted by Crippen LogP contribution is 2.44. The number of fused-ring (bicyclic) bond motifs is 6. The summed E-state index contributed by atoms with van der Waals surface area (Å²) in [5.74, 6) is 0. The Hall–Kier alpha value is -7.68. The molecule has 0 amide bonds. The second-order valence-electron chi connectivity index (χ2n) is 14.9. The monoisotopic (exact) mass is 739 g/mol. The van der Waals surface area contributed by atoms with Crippen molar-refractivity contribution < 1.29 is 4.42 Å². The fourth-order valence-corrected chi connectivity index (χ4v) is 8.61. The molecule has 0 spiro atoms. The molecule has 0 radical (unpaired) electrons. The van der Waals surface area contributed by atoms with Crippen molar-refractivity contribution in [1.29, 1.82) is 0 Å². The van der Waals surface area contributed by atoms with Gasteiger partial charge in [0.05, 0.1) is 5.69 Å². The van der Waals surface area contributed by atoms with Crippen LogP contribution >= 0.6 is 0 Å². The first kappa shape index (κ1) is 33.6. The van der Waals surface area contributed by atoms with Gasteiger partial charge in [0.1, 0.15) is 11.2 Å². The summed E-state index contributed by atoms with van der Waals surface area (Å²) in [7, 11) is 0. The van der Waals surface area contributed by atoms with Gasteiger partial charge in [0.2, 0.25) is 0 Å². The predicted octanol–water partition coefficient (Wildman–Crippen LogP) is 16.0. The first-order valence-electron chi connectivity index (χ1n) is 19.8. The molecule has 0 saturated heterocycles. The van der Waals surface area contributed by atoms with Crippen LogP contribution in [0.2, 0.25) is 0 Å². The lowest BCUT2D eigenvalue weighted by Gasteiger charge is -2.29. The maximum absolute atomic E-state index is 6.26. The largest absolute Gasteiger partial charge is 0.456 e. The van der Waals surface area contributed by atoms with E-state index in [0.717, 1.165) is 61.3 Å². The van der Waals surface area contributed by atoms with Gasteiger partial charge >= 0.3 is 0 Å². The fraction of sp³-hybridized carbons (Fsp3) is 0. The van der Waals surface area contributed by atoms with Gasteiger partial charge in [-0.1, -0.05) is 170 Å². The van der Waals surface area contributed by atoms with Crippen LogP contribution in [0.4, 0.5) is 17.1 Å². The number of benzene rings is 10. The van der Waals surface area contributed by atoms with Crippen molar-refractivity contribution >= 4 is 60.5 Å². The lowest BCUT2D eigenvalue weighted by Crippen LogP contribution is -2.11. The highest BCUT2D eigenvalue weighted by molar-refractivity contribution is 6.12. The maximum atomic E-state index is 6.26. The molecule has 0 bridgehead atoms. The molecular formula is C56H37NO. The Morgan fingerprint density at radius 2 is 0.810 bits per heavy atom. The minimum Gasteiger partial charge on any atom is -0.456 e. The second kappa shape index (κ2) is 14.1.